The Kier molecular flexibility index (Phi) is 4.67. The quantitative estimate of drug-likeness (QED) is 0.500. The summed E-state index contributed by atoms with van der Waals surface area (Å²) in [5.41, 5.74) is 3.93. The van der Waals surface area contributed by atoms with Crippen molar-refractivity contribution < 1.29 is 0 Å². The van der Waals surface area contributed by atoms with Gasteiger partial charge in [-0.15, -0.1) is 11.3 Å². The number of nitrogens with one attached hydrogen (secondary N) is 2. The molecule has 0 unspecified atom stereocenters. The predicted molar refractivity (Wildman–Crippen MR) is 121 cm³/mol. The van der Waals surface area contributed by atoms with Gasteiger partial charge in [0.1, 0.15) is 0 Å². The Hall–Kier alpha value is -2.93. The highest BCUT2D eigenvalue weighted by molar-refractivity contribution is 7.20. The van der Waals surface area contributed by atoms with Crippen LogP contribution >= 0.6 is 11.3 Å². The van der Waals surface area contributed by atoms with Gasteiger partial charge in [-0.2, -0.15) is 5.10 Å². The summed E-state index contributed by atoms with van der Waals surface area (Å²) in [6.45, 7) is 9.22. The Labute approximate surface area is 173 Å². The molecule has 1 aliphatic rings. The molecule has 29 heavy (non-hydrogen) atoms. The Morgan fingerprint density at radius 2 is 2.10 bits per heavy atom. The van der Waals surface area contributed by atoms with Gasteiger partial charge in [-0.25, -0.2) is 9.97 Å². The summed E-state index contributed by atoms with van der Waals surface area (Å²) >= 11 is 1.73. The van der Waals surface area contributed by atoms with E-state index in [-0.39, 0.29) is 0 Å². The van der Waals surface area contributed by atoms with Crippen LogP contribution in [0.25, 0.3) is 38.2 Å². The predicted octanol–water partition coefficient (Wildman–Crippen LogP) is 4.81. The molecule has 2 N–H and O–H groups in total. The van der Waals surface area contributed by atoms with E-state index >= 15 is 0 Å². The molecule has 0 radical (unpaired) electrons. The van der Waals surface area contributed by atoms with Gasteiger partial charge in [0.25, 0.3) is 0 Å². The average molecular weight is 405 g/mol. The van der Waals surface area contributed by atoms with Crippen molar-refractivity contribution in [3.63, 3.8) is 0 Å². The number of nitrogens with zero attached hydrogens (tertiary/aromatic N) is 4. The number of thiophene rings is 1. The number of anilines is 1. The van der Waals surface area contributed by atoms with Crippen LogP contribution in [-0.2, 0) is 0 Å². The zero-order chi connectivity index (χ0) is 19.8. The first-order chi connectivity index (χ1) is 14.2. The van der Waals surface area contributed by atoms with E-state index in [4.69, 9.17) is 9.97 Å². The topological polar surface area (TPSA) is 69.7 Å². The Morgan fingerprint density at radius 1 is 1.24 bits per heavy atom. The molecule has 7 heteroatoms. The van der Waals surface area contributed by atoms with Gasteiger partial charge in [-0.05, 0) is 38.3 Å². The van der Waals surface area contributed by atoms with Gasteiger partial charge in [0.15, 0.2) is 11.6 Å². The monoisotopic (exact) mass is 404 g/mol. The van der Waals surface area contributed by atoms with Crippen LogP contribution in [0.2, 0.25) is 0 Å². The maximum Gasteiger partial charge on any atom is 0.162 e. The first kappa shape index (κ1) is 18.1. The van der Waals surface area contributed by atoms with E-state index in [0.29, 0.717) is 0 Å². The van der Waals surface area contributed by atoms with Crippen molar-refractivity contribution in [2.45, 2.75) is 26.2 Å². The molecule has 1 aliphatic heterocycles. The lowest BCUT2D eigenvalue weighted by molar-refractivity contribution is 0.575. The zero-order valence-corrected chi connectivity index (χ0v) is 17.4. The van der Waals surface area contributed by atoms with E-state index in [0.717, 1.165) is 68.5 Å². The van der Waals surface area contributed by atoms with Gasteiger partial charge in [-0.1, -0.05) is 18.7 Å². The Morgan fingerprint density at radius 3 is 2.93 bits per heavy atom. The van der Waals surface area contributed by atoms with Crippen LogP contribution in [-0.4, -0.2) is 39.8 Å². The number of hydrogen-bond donors (Lipinski definition) is 2. The number of hydrogen-bond acceptors (Lipinski definition) is 6. The zero-order valence-electron chi connectivity index (χ0n) is 16.5. The lowest BCUT2D eigenvalue weighted by Gasteiger charge is -2.28. The fourth-order valence-electron chi connectivity index (χ4n) is 3.97. The lowest BCUT2D eigenvalue weighted by Crippen LogP contribution is -2.30. The first-order valence-corrected chi connectivity index (χ1v) is 11.0. The molecule has 0 aliphatic carbocycles. The molecule has 0 amide bonds. The Bertz CT molecular complexity index is 1180. The largest absolute Gasteiger partial charge is 0.385 e. The van der Waals surface area contributed by atoms with Crippen molar-refractivity contribution in [3.05, 3.63) is 41.9 Å². The minimum absolute atomic E-state index is 0.753. The molecular formula is C22H24N6S. The van der Waals surface area contributed by atoms with Crippen molar-refractivity contribution in [1.29, 1.82) is 0 Å². The smallest absolute Gasteiger partial charge is 0.162 e. The summed E-state index contributed by atoms with van der Waals surface area (Å²) in [7, 11) is 0. The molecule has 1 fully saturated rings. The van der Waals surface area contributed by atoms with Gasteiger partial charge in [0.05, 0.1) is 26.8 Å². The van der Waals surface area contributed by atoms with E-state index in [1.54, 1.807) is 11.3 Å². The fourth-order valence-corrected chi connectivity index (χ4v) is 5.03. The van der Waals surface area contributed by atoms with E-state index in [1.165, 1.54) is 19.3 Å². The van der Waals surface area contributed by atoms with Gasteiger partial charge >= 0.3 is 0 Å². The molecule has 1 saturated heterocycles. The van der Waals surface area contributed by atoms with Crippen molar-refractivity contribution in [2.75, 3.05) is 24.5 Å². The molecule has 5 rings (SSSR count). The third kappa shape index (κ3) is 3.25. The lowest BCUT2D eigenvalue weighted by atomic mass is 10.1. The standard InChI is InChI=1S/C22H24N6S/c1-3-23-14(2)19-12-18-20(29-19)22(28-10-5-4-6-11-28)26-21(25-18)15-8-7-9-17-16(15)13-24-27-17/h7-9,12-13,23H,2-6,10-11H2,1H3,(H,24,27). The third-order valence-electron chi connectivity index (χ3n) is 5.42. The minimum Gasteiger partial charge on any atom is -0.385 e. The van der Waals surface area contributed by atoms with Crippen molar-refractivity contribution in [2.24, 2.45) is 0 Å². The summed E-state index contributed by atoms with van der Waals surface area (Å²) < 4.78 is 1.14. The molecule has 1 aromatic carbocycles. The highest BCUT2D eigenvalue weighted by atomic mass is 32.1. The minimum atomic E-state index is 0.753. The number of rotatable bonds is 5. The molecule has 4 aromatic rings. The molecule has 0 atom stereocenters. The van der Waals surface area contributed by atoms with Crippen LogP contribution in [0.5, 0.6) is 0 Å². The number of benzene rings is 1. The number of aromatic nitrogens is 4. The Balaban J connectivity index is 1.70. The van der Waals surface area contributed by atoms with Crippen LogP contribution in [0.15, 0.2) is 37.0 Å². The van der Waals surface area contributed by atoms with Crippen LogP contribution in [0.3, 0.4) is 0 Å². The first-order valence-electron chi connectivity index (χ1n) is 10.2. The van der Waals surface area contributed by atoms with Gasteiger partial charge in [0.2, 0.25) is 0 Å². The normalized spacial score (nSPS) is 14.6. The molecule has 0 saturated carbocycles. The van der Waals surface area contributed by atoms with E-state index in [9.17, 15) is 0 Å². The molecule has 6 nitrogen and oxygen atoms in total. The summed E-state index contributed by atoms with van der Waals surface area (Å²) in [6.07, 6.45) is 5.56. The van der Waals surface area contributed by atoms with Gasteiger partial charge in [0, 0.05) is 36.3 Å². The van der Waals surface area contributed by atoms with Crippen LogP contribution in [0, 0.1) is 0 Å². The van der Waals surface area contributed by atoms with E-state index < -0.39 is 0 Å². The van der Waals surface area contributed by atoms with Crippen LogP contribution < -0.4 is 10.2 Å². The van der Waals surface area contributed by atoms with Crippen molar-refractivity contribution in [3.8, 4) is 11.4 Å². The summed E-state index contributed by atoms with van der Waals surface area (Å²) in [5, 5.41) is 11.6. The van der Waals surface area contributed by atoms with E-state index in [2.05, 4.69) is 46.0 Å². The molecular weight excluding hydrogens is 380 g/mol. The summed E-state index contributed by atoms with van der Waals surface area (Å²) in [5.74, 6) is 1.80. The summed E-state index contributed by atoms with van der Waals surface area (Å²) in [6, 6.07) is 8.26. The number of H-pyrrole nitrogens is 1. The number of fused-ring (bicyclic) bond motifs is 2. The maximum atomic E-state index is 5.08. The van der Waals surface area contributed by atoms with Gasteiger partial charge in [-0.3, -0.25) is 5.10 Å². The average Bonchev–Trinajstić information content (AvgIpc) is 3.40. The summed E-state index contributed by atoms with van der Waals surface area (Å²) in [4.78, 5) is 13.6. The molecule has 4 heterocycles. The van der Waals surface area contributed by atoms with Gasteiger partial charge < -0.3 is 10.2 Å². The van der Waals surface area contributed by atoms with Crippen LogP contribution in [0.4, 0.5) is 5.82 Å². The number of piperidine rings is 1. The van der Waals surface area contributed by atoms with E-state index in [1.807, 2.05) is 18.3 Å². The highest BCUT2D eigenvalue weighted by Gasteiger charge is 2.21. The molecule has 3 aromatic heterocycles. The second kappa shape index (κ2) is 7.48. The van der Waals surface area contributed by atoms with Crippen molar-refractivity contribution in [1.82, 2.24) is 25.5 Å². The molecule has 148 valence electrons. The third-order valence-corrected chi connectivity index (χ3v) is 6.60. The molecule has 0 bridgehead atoms. The second-order valence-corrected chi connectivity index (χ2v) is 8.44. The SMILES string of the molecule is C=C(NCC)c1cc2nc(-c3cccc4[nH]ncc34)nc(N3CCCCC3)c2s1. The second-order valence-electron chi connectivity index (χ2n) is 7.39. The fraction of sp³-hybridized carbons (Fsp3) is 0.318. The number of aromatic amines is 1. The van der Waals surface area contributed by atoms with Crippen molar-refractivity contribution >= 4 is 44.0 Å². The highest BCUT2D eigenvalue weighted by Crippen LogP contribution is 2.37. The maximum absolute atomic E-state index is 5.08. The molecule has 0 spiro atoms. The van der Waals surface area contributed by atoms with Crippen LogP contribution in [0.1, 0.15) is 31.1 Å².